The molecule has 5 aromatic rings. The van der Waals surface area contributed by atoms with Gasteiger partial charge in [0, 0.05) is 56.1 Å². The van der Waals surface area contributed by atoms with Gasteiger partial charge in [0.15, 0.2) is 5.11 Å². The van der Waals surface area contributed by atoms with Crippen LogP contribution in [0.4, 0.5) is 24.5 Å². The van der Waals surface area contributed by atoms with Crippen molar-refractivity contribution in [3.8, 4) is 28.0 Å². The van der Waals surface area contributed by atoms with Gasteiger partial charge in [-0.25, -0.2) is 4.98 Å². The first-order valence-corrected chi connectivity index (χ1v) is 29.2. The van der Waals surface area contributed by atoms with E-state index in [0.717, 1.165) is 58.0 Å². The topological polar surface area (TPSA) is 206 Å². The number of nitriles is 1. The molecule has 23 heteroatoms. The van der Waals surface area contributed by atoms with Crippen molar-refractivity contribution in [3.05, 3.63) is 124 Å². The van der Waals surface area contributed by atoms with Crippen LogP contribution >= 0.6 is 23.6 Å². The van der Waals surface area contributed by atoms with Crippen molar-refractivity contribution in [1.82, 2.24) is 20.1 Å². The lowest BCUT2D eigenvalue weighted by atomic mass is 10.0. The van der Waals surface area contributed by atoms with Crippen molar-refractivity contribution in [3.63, 3.8) is 0 Å². The third kappa shape index (κ3) is 15.1. The Labute approximate surface area is 496 Å². The van der Waals surface area contributed by atoms with Gasteiger partial charge in [-0.05, 0) is 124 Å². The van der Waals surface area contributed by atoms with Gasteiger partial charge in [-0.3, -0.25) is 24.1 Å². The first-order valence-electron chi connectivity index (χ1n) is 27.9. The second-order valence-corrected chi connectivity index (χ2v) is 22.6. The molecule has 4 heterocycles. The second-order valence-electron chi connectivity index (χ2n) is 21.3. The summed E-state index contributed by atoms with van der Waals surface area (Å²) in [5, 5.41) is 23.0. The molecule has 2 N–H and O–H groups in total. The summed E-state index contributed by atoms with van der Waals surface area (Å²) in [4.78, 5) is 66.2. The van der Waals surface area contributed by atoms with Crippen LogP contribution in [0, 0.1) is 24.2 Å². The molecule has 3 aliphatic rings. The molecule has 84 heavy (non-hydrogen) atoms. The maximum atomic E-state index is 14.3. The van der Waals surface area contributed by atoms with E-state index >= 15 is 0 Å². The van der Waals surface area contributed by atoms with E-state index in [1.165, 1.54) is 22.3 Å². The number of thiazole rings is 1. The molecule has 2 saturated heterocycles. The minimum atomic E-state index is -4.80. The molecule has 8 rings (SSSR count). The summed E-state index contributed by atoms with van der Waals surface area (Å²) in [5.41, 5.74) is 3.25. The number of aliphatic hydroxyl groups excluding tert-OH is 1. The number of amides is 4. The lowest BCUT2D eigenvalue weighted by Crippen LogP contribution is -2.55. The van der Waals surface area contributed by atoms with Crippen LogP contribution in [-0.2, 0) is 52.6 Å². The van der Waals surface area contributed by atoms with Crippen LogP contribution in [0.2, 0.25) is 0 Å². The van der Waals surface area contributed by atoms with E-state index in [1.54, 1.807) is 71.6 Å². The van der Waals surface area contributed by atoms with Crippen molar-refractivity contribution in [2.45, 2.75) is 103 Å². The predicted octanol–water partition coefficient (Wildman–Crippen LogP) is 8.88. The Balaban J connectivity index is 0.676. The highest BCUT2D eigenvalue weighted by atomic mass is 32.1. The summed E-state index contributed by atoms with van der Waals surface area (Å²) < 4.78 is 76.2. The third-order valence-electron chi connectivity index (χ3n) is 14.7. The molecular formula is C61H70F3N7O11S2. The molecule has 0 saturated carbocycles. The van der Waals surface area contributed by atoms with Crippen LogP contribution in [0.25, 0.3) is 10.4 Å². The normalized spacial score (nSPS) is 17.1. The fraction of sp³-hybridized carbons (Fsp3) is 0.459. The molecule has 0 radical (unpaired) electrons. The molecule has 448 valence electrons. The standard InChI is InChI=1S/C61H70F3N7O11S2/c1-39(2)53(69-36-44-11-7-8-12-49(44)56(69)74)57(75)68-37-47(72)33-51(68)55(73)66-35-43-14-13-41(54-40(3)67-38-84-54)31-52(43)82-30-28-80-26-24-78-22-10-6-9-21-77-23-25-79-27-29-81-48-19-17-45(18-20-48)71-59(83)70(58(76)60(71,4)5)46-16-15-42(34-65)50(32-46)61(62,63)64/h7-8,11-20,31-32,38-39,47,51,53,72H,6,9-10,21-30,33,35-37H2,1-5H3,(H,66,73)/t47-,51+,53?/m1/s1. The van der Waals surface area contributed by atoms with E-state index in [2.05, 4.69) is 10.3 Å². The van der Waals surface area contributed by atoms with Gasteiger partial charge in [0.1, 0.15) is 42.3 Å². The molecule has 18 nitrogen and oxygen atoms in total. The van der Waals surface area contributed by atoms with E-state index in [4.69, 9.17) is 40.6 Å². The molecule has 1 unspecified atom stereocenters. The third-order valence-corrected chi connectivity index (χ3v) is 16.1. The van der Waals surface area contributed by atoms with Crippen LogP contribution in [0.5, 0.6) is 11.5 Å². The van der Waals surface area contributed by atoms with Crippen LogP contribution in [-0.4, -0.2) is 145 Å². The van der Waals surface area contributed by atoms with Crippen LogP contribution < -0.4 is 24.6 Å². The molecule has 4 aromatic carbocycles. The summed E-state index contributed by atoms with van der Waals surface area (Å²) in [7, 11) is 0. The van der Waals surface area contributed by atoms with E-state index < -0.39 is 52.8 Å². The van der Waals surface area contributed by atoms with Gasteiger partial charge in [0.05, 0.1) is 84.7 Å². The highest BCUT2D eigenvalue weighted by Gasteiger charge is 2.51. The first-order chi connectivity index (χ1) is 40.3. The molecular weight excluding hydrogens is 1130 g/mol. The number of likely N-dealkylation sites (tertiary alicyclic amines) is 1. The lowest BCUT2D eigenvalue weighted by Gasteiger charge is -2.35. The van der Waals surface area contributed by atoms with Crippen LogP contribution in [0.1, 0.15) is 91.7 Å². The van der Waals surface area contributed by atoms with Crippen molar-refractivity contribution < 1.29 is 65.9 Å². The van der Waals surface area contributed by atoms with Gasteiger partial charge in [0.2, 0.25) is 11.8 Å². The maximum absolute atomic E-state index is 14.3. The largest absolute Gasteiger partial charge is 0.491 e. The molecule has 3 aliphatic heterocycles. The number of hydrogen-bond acceptors (Lipinski definition) is 15. The first kappa shape index (κ1) is 63.0. The number of aryl methyl sites for hydroxylation is 1. The van der Waals surface area contributed by atoms with Gasteiger partial charge in [-0.2, -0.15) is 18.4 Å². The van der Waals surface area contributed by atoms with Crippen molar-refractivity contribution in [1.29, 1.82) is 5.26 Å². The monoisotopic (exact) mass is 1200 g/mol. The quantitative estimate of drug-likeness (QED) is 0.0339. The fourth-order valence-corrected chi connectivity index (χ4v) is 11.7. The summed E-state index contributed by atoms with van der Waals surface area (Å²) in [6.45, 7) is 13.3. The number of halogens is 3. The van der Waals surface area contributed by atoms with Crippen molar-refractivity contribution in [2.75, 3.05) is 82.4 Å². The number of hydrogen-bond donors (Lipinski definition) is 2. The number of carbonyl (C=O) groups is 4. The van der Waals surface area contributed by atoms with E-state index in [0.29, 0.717) is 87.7 Å². The Hall–Kier alpha value is -7.04. The molecule has 3 atom stereocenters. The van der Waals surface area contributed by atoms with E-state index in [-0.39, 0.29) is 61.3 Å². The molecule has 0 bridgehead atoms. The number of nitrogens with one attached hydrogen (secondary N) is 1. The highest BCUT2D eigenvalue weighted by Crippen LogP contribution is 2.41. The lowest BCUT2D eigenvalue weighted by molar-refractivity contribution is -0.143. The van der Waals surface area contributed by atoms with E-state index in [9.17, 15) is 42.7 Å². The Morgan fingerprint density at radius 2 is 1.50 bits per heavy atom. The fourth-order valence-electron chi connectivity index (χ4n) is 10.4. The molecule has 0 spiro atoms. The molecule has 0 aliphatic carbocycles. The van der Waals surface area contributed by atoms with Gasteiger partial charge >= 0.3 is 6.18 Å². The number of aromatic nitrogens is 1. The van der Waals surface area contributed by atoms with Gasteiger partial charge in [0.25, 0.3) is 11.8 Å². The van der Waals surface area contributed by atoms with Crippen molar-refractivity contribution in [2.24, 2.45) is 5.92 Å². The number of β-amino-alcohol motifs (C(OH)–C–C–N with tert-alkyl or cyclic N) is 1. The Kier molecular flexibility index (Phi) is 21.5. The zero-order valence-electron chi connectivity index (χ0n) is 47.7. The maximum Gasteiger partial charge on any atom is 0.417 e. The number of anilines is 2. The number of alkyl halides is 3. The number of nitrogens with zero attached hydrogens (tertiary/aromatic N) is 6. The summed E-state index contributed by atoms with van der Waals surface area (Å²) >= 11 is 7.14. The minimum Gasteiger partial charge on any atom is -0.491 e. The average Bonchev–Trinajstić information content (AvgIpc) is 3.36. The Morgan fingerprint density at radius 1 is 0.857 bits per heavy atom. The minimum absolute atomic E-state index is 0.00189. The van der Waals surface area contributed by atoms with Gasteiger partial charge in [-0.1, -0.05) is 44.2 Å². The summed E-state index contributed by atoms with van der Waals surface area (Å²) in [5.74, 6) is -0.658. The SMILES string of the molecule is Cc1ncsc1-c1ccc(CNC(=O)[C@@H]2C[C@@H](O)CN2C(=O)C(C(C)C)N2Cc3ccccc3C2=O)c(OCCOCCOCCCCCOCCOCCOc2ccc(N3C(=S)N(c4ccc(C#N)c(C(F)(F)F)c4)C(=O)C3(C)C)cc2)c1. The Bertz CT molecular complexity index is 3170. The smallest absolute Gasteiger partial charge is 0.417 e. The number of aliphatic hydroxyl groups is 1. The predicted molar refractivity (Wildman–Crippen MR) is 313 cm³/mol. The van der Waals surface area contributed by atoms with Gasteiger partial charge < -0.3 is 53.5 Å². The molecule has 2 fully saturated rings. The number of unbranched alkanes of at least 4 members (excludes halogenated alkanes) is 2. The Morgan fingerprint density at radius 3 is 2.13 bits per heavy atom. The number of thiocarbonyl (C=S) groups is 1. The zero-order valence-corrected chi connectivity index (χ0v) is 49.3. The highest BCUT2D eigenvalue weighted by molar-refractivity contribution is 7.81. The van der Waals surface area contributed by atoms with Crippen molar-refractivity contribution >= 4 is 63.7 Å². The second kappa shape index (κ2) is 28.7. The zero-order chi connectivity index (χ0) is 60.1. The number of rotatable bonds is 29. The number of ether oxygens (including phenoxy) is 6. The number of fused-ring (bicyclic) bond motifs is 1. The van der Waals surface area contributed by atoms with Gasteiger partial charge in [-0.15, -0.1) is 11.3 Å². The number of carbonyl (C=O) groups excluding carboxylic acids is 4. The summed E-state index contributed by atoms with van der Waals surface area (Å²) in [6.07, 6.45) is -2.96. The average molecular weight is 1200 g/mol. The van der Waals surface area contributed by atoms with E-state index in [1.807, 2.05) is 51.1 Å². The van der Waals surface area contributed by atoms with Crippen LogP contribution in [0.15, 0.2) is 90.4 Å². The molecule has 1 aromatic heterocycles. The molecule has 4 amide bonds. The summed E-state index contributed by atoms with van der Waals surface area (Å²) in [6, 6.07) is 22.8. The number of benzene rings is 4. The van der Waals surface area contributed by atoms with Crippen LogP contribution in [0.3, 0.4) is 0 Å².